The first-order chi connectivity index (χ1) is 17.1. The normalized spacial score (nSPS) is 25.6. The number of hydrogen-bond acceptors (Lipinski definition) is 3. The molecule has 3 aliphatic rings. The highest BCUT2D eigenvalue weighted by atomic mass is 35.5. The van der Waals surface area contributed by atoms with Gasteiger partial charge in [0.25, 0.3) is 5.91 Å². The van der Waals surface area contributed by atoms with Gasteiger partial charge in [-0.3, -0.25) is 29.1 Å². The highest BCUT2D eigenvalue weighted by Gasteiger charge is 2.77. The highest BCUT2D eigenvalue weighted by molar-refractivity contribution is 6.32. The van der Waals surface area contributed by atoms with E-state index in [9.17, 15) is 14.4 Å². The minimum absolute atomic E-state index is 0.0631. The maximum atomic E-state index is 14.8. The highest BCUT2D eigenvalue weighted by Crippen LogP contribution is 2.64. The molecule has 3 aromatic carbocycles. The van der Waals surface area contributed by atoms with Gasteiger partial charge in [-0.1, -0.05) is 48.0 Å². The van der Waals surface area contributed by atoms with Crippen LogP contribution in [-0.2, 0) is 19.9 Å². The minimum atomic E-state index is -1.29. The quantitative estimate of drug-likeness (QED) is 0.456. The third kappa shape index (κ3) is 2.50. The lowest BCUT2D eigenvalue weighted by Gasteiger charge is -2.61. The lowest BCUT2D eigenvalue weighted by Crippen LogP contribution is -2.80. The smallest absolute Gasteiger partial charge is 0.260 e. The lowest BCUT2D eigenvalue weighted by molar-refractivity contribution is -0.154. The fourth-order valence-electron chi connectivity index (χ4n) is 6.24. The van der Waals surface area contributed by atoms with E-state index in [0.717, 1.165) is 5.69 Å². The molecular formula is C29H26ClN3O3. The van der Waals surface area contributed by atoms with Gasteiger partial charge in [0.15, 0.2) is 5.54 Å². The van der Waals surface area contributed by atoms with Crippen molar-refractivity contribution >= 4 is 46.4 Å². The van der Waals surface area contributed by atoms with Gasteiger partial charge in [0.2, 0.25) is 11.8 Å². The van der Waals surface area contributed by atoms with Crippen LogP contribution < -0.4 is 14.7 Å². The molecule has 0 saturated carbocycles. The molecule has 0 N–H and O–H groups in total. The molecule has 7 heteroatoms. The van der Waals surface area contributed by atoms with E-state index in [2.05, 4.69) is 0 Å². The summed E-state index contributed by atoms with van der Waals surface area (Å²) in [6.07, 6.45) is -0.566. The van der Waals surface area contributed by atoms with Gasteiger partial charge in [0.05, 0.1) is 16.5 Å². The van der Waals surface area contributed by atoms with E-state index in [1.807, 2.05) is 94.4 Å². The molecule has 6 rings (SSSR count). The zero-order chi connectivity index (χ0) is 25.6. The number of β-lactam (4-membered cyclic amide) rings is 2. The number of hydrogen-bond donors (Lipinski definition) is 0. The number of halogens is 1. The number of fused-ring (bicyclic) bond motifs is 2. The van der Waals surface area contributed by atoms with E-state index in [-0.39, 0.29) is 17.7 Å². The van der Waals surface area contributed by atoms with Crippen LogP contribution in [0.25, 0.3) is 0 Å². The summed E-state index contributed by atoms with van der Waals surface area (Å²) in [4.78, 5) is 46.7. The third-order valence-corrected chi connectivity index (χ3v) is 8.30. The molecule has 3 aromatic rings. The van der Waals surface area contributed by atoms with Crippen LogP contribution in [0.4, 0.5) is 17.1 Å². The van der Waals surface area contributed by atoms with Crippen LogP contribution in [-0.4, -0.2) is 23.9 Å². The average molecular weight is 500 g/mol. The SMILES string of the molecule is CC1(C)C(=O)N(c2ccccc2)[C@H]1N1C(=O)[C@@]2(c3cc(Cl)ccc31)N(c1ccccc1)C(=O)C2(C)C. The van der Waals surface area contributed by atoms with Gasteiger partial charge in [0.1, 0.15) is 6.17 Å². The van der Waals surface area contributed by atoms with Crippen molar-refractivity contribution in [2.45, 2.75) is 39.4 Å². The topological polar surface area (TPSA) is 60.9 Å². The lowest BCUT2D eigenvalue weighted by atomic mass is 9.59. The Morgan fingerprint density at radius 2 is 1.28 bits per heavy atom. The first-order valence-corrected chi connectivity index (χ1v) is 12.4. The Labute approximate surface area is 215 Å². The molecule has 2 saturated heterocycles. The molecule has 3 aliphatic heterocycles. The van der Waals surface area contributed by atoms with E-state index in [1.54, 1.807) is 26.8 Å². The number of carbonyl (C=O) groups excluding carboxylic acids is 3. The fourth-order valence-corrected chi connectivity index (χ4v) is 6.42. The van der Waals surface area contributed by atoms with E-state index in [1.165, 1.54) is 0 Å². The standard InChI is InChI=1S/C29H26ClN3O3/c1-27(2)23(31(24(27)34)19-11-7-5-8-12-19)32-22-16-15-18(30)17-21(22)29(26(32)36)28(3,4)25(35)33(29)20-13-9-6-10-14-20/h5-17,23H,1-4H3/t23-,29+/m0/s1. The van der Waals surface area contributed by atoms with E-state index in [0.29, 0.717) is 22.0 Å². The van der Waals surface area contributed by atoms with Crippen molar-refractivity contribution in [2.24, 2.45) is 10.8 Å². The summed E-state index contributed by atoms with van der Waals surface area (Å²) in [6.45, 7) is 7.35. The van der Waals surface area contributed by atoms with Gasteiger partial charge in [-0.2, -0.15) is 0 Å². The van der Waals surface area contributed by atoms with Crippen molar-refractivity contribution < 1.29 is 14.4 Å². The van der Waals surface area contributed by atoms with Crippen LogP contribution in [0.1, 0.15) is 33.3 Å². The molecule has 6 nitrogen and oxygen atoms in total. The number of benzene rings is 3. The molecule has 0 bridgehead atoms. The second-order valence-corrected chi connectivity index (χ2v) is 11.2. The predicted molar refractivity (Wildman–Crippen MR) is 140 cm³/mol. The number of amides is 3. The zero-order valence-corrected chi connectivity index (χ0v) is 21.3. The number of para-hydroxylation sites is 2. The molecule has 2 fully saturated rings. The third-order valence-electron chi connectivity index (χ3n) is 8.07. The Kier molecular flexibility index (Phi) is 4.56. The van der Waals surface area contributed by atoms with Crippen molar-refractivity contribution in [1.82, 2.24) is 0 Å². The Morgan fingerprint density at radius 3 is 1.89 bits per heavy atom. The van der Waals surface area contributed by atoms with Gasteiger partial charge in [-0.25, -0.2) is 0 Å². The number of nitrogens with zero attached hydrogens (tertiary/aromatic N) is 3. The molecule has 2 atom stereocenters. The predicted octanol–water partition coefficient (Wildman–Crippen LogP) is 5.35. The summed E-state index contributed by atoms with van der Waals surface area (Å²) in [6, 6.07) is 24.0. The van der Waals surface area contributed by atoms with Gasteiger partial charge in [-0.05, 0) is 70.2 Å². The van der Waals surface area contributed by atoms with E-state index >= 15 is 0 Å². The summed E-state index contributed by atoms with van der Waals surface area (Å²) in [7, 11) is 0. The van der Waals surface area contributed by atoms with Gasteiger partial charge < -0.3 is 0 Å². The van der Waals surface area contributed by atoms with Crippen LogP contribution in [0.5, 0.6) is 0 Å². The van der Waals surface area contributed by atoms with Crippen LogP contribution in [0.15, 0.2) is 78.9 Å². The maximum absolute atomic E-state index is 14.8. The maximum Gasteiger partial charge on any atom is 0.260 e. The molecule has 0 aromatic heterocycles. The average Bonchev–Trinajstić information content (AvgIpc) is 3.12. The van der Waals surface area contributed by atoms with Crippen molar-refractivity contribution in [1.29, 1.82) is 0 Å². The zero-order valence-electron chi connectivity index (χ0n) is 20.5. The second kappa shape index (κ2) is 7.20. The fraction of sp³-hybridized carbons (Fsp3) is 0.276. The van der Waals surface area contributed by atoms with Crippen LogP contribution in [0.3, 0.4) is 0 Å². The van der Waals surface area contributed by atoms with Crippen LogP contribution >= 0.6 is 11.6 Å². The van der Waals surface area contributed by atoms with Gasteiger partial charge in [-0.15, -0.1) is 0 Å². The van der Waals surface area contributed by atoms with Crippen molar-refractivity contribution in [2.75, 3.05) is 14.7 Å². The first kappa shape index (κ1) is 22.8. The molecule has 0 radical (unpaired) electrons. The van der Waals surface area contributed by atoms with Gasteiger partial charge >= 0.3 is 0 Å². The molecule has 182 valence electrons. The molecule has 3 heterocycles. The Morgan fingerprint density at radius 1 is 0.694 bits per heavy atom. The van der Waals surface area contributed by atoms with Crippen LogP contribution in [0, 0.1) is 10.8 Å². The van der Waals surface area contributed by atoms with Crippen molar-refractivity contribution in [3.05, 3.63) is 89.4 Å². The summed E-state index contributed by atoms with van der Waals surface area (Å²) >= 11 is 6.48. The number of anilines is 3. The Balaban J connectivity index is 1.58. The Bertz CT molecular complexity index is 1440. The summed E-state index contributed by atoms with van der Waals surface area (Å²) in [5.74, 6) is -0.440. The largest absolute Gasteiger partial charge is 0.291 e. The second-order valence-electron chi connectivity index (χ2n) is 10.8. The molecular weight excluding hydrogens is 474 g/mol. The summed E-state index contributed by atoms with van der Waals surface area (Å²) in [5.41, 5.74) is -0.434. The van der Waals surface area contributed by atoms with Crippen LogP contribution in [0.2, 0.25) is 5.02 Å². The number of rotatable bonds is 3. The Hall–Kier alpha value is -3.64. The minimum Gasteiger partial charge on any atom is -0.291 e. The molecule has 36 heavy (non-hydrogen) atoms. The monoisotopic (exact) mass is 499 g/mol. The van der Waals surface area contributed by atoms with Gasteiger partial charge in [0, 0.05) is 22.0 Å². The van der Waals surface area contributed by atoms with E-state index < -0.39 is 22.5 Å². The number of carbonyl (C=O) groups is 3. The summed E-state index contributed by atoms with van der Waals surface area (Å²) in [5, 5.41) is 0.481. The molecule has 3 amide bonds. The molecule has 0 aliphatic carbocycles. The molecule has 1 spiro atoms. The van der Waals surface area contributed by atoms with Crippen molar-refractivity contribution in [3.63, 3.8) is 0 Å². The molecule has 0 unspecified atom stereocenters. The van der Waals surface area contributed by atoms with Crippen molar-refractivity contribution in [3.8, 4) is 0 Å². The first-order valence-electron chi connectivity index (χ1n) is 12.0. The summed E-state index contributed by atoms with van der Waals surface area (Å²) < 4.78 is 0. The van der Waals surface area contributed by atoms with E-state index in [4.69, 9.17) is 11.6 Å².